The van der Waals surface area contributed by atoms with E-state index in [1.807, 2.05) is 18.2 Å². The molecular weight excluding hydrogens is 374 g/mol. The highest BCUT2D eigenvalue weighted by molar-refractivity contribution is 7.89. The van der Waals surface area contributed by atoms with Crippen molar-refractivity contribution in [2.75, 3.05) is 18.0 Å². The Morgan fingerprint density at radius 3 is 2.46 bits per heavy atom. The van der Waals surface area contributed by atoms with Crippen LogP contribution in [0.25, 0.3) is 0 Å². The van der Waals surface area contributed by atoms with Crippen LogP contribution in [0.1, 0.15) is 37.9 Å². The molecule has 1 aliphatic rings. The lowest BCUT2D eigenvalue weighted by Crippen LogP contribution is -2.41. The van der Waals surface area contributed by atoms with Crippen molar-refractivity contribution in [1.82, 2.24) is 5.32 Å². The molecule has 6 nitrogen and oxygen atoms in total. The Bertz CT molecular complexity index is 966. The number of nitrogens with two attached hydrogens (primary N) is 1. The van der Waals surface area contributed by atoms with Gasteiger partial charge in [0.15, 0.2) is 0 Å². The molecule has 2 aromatic carbocycles. The first kappa shape index (κ1) is 20.5. The monoisotopic (exact) mass is 401 g/mol. The zero-order valence-corrected chi connectivity index (χ0v) is 17.3. The van der Waals surface area contributed by atoms with Gasteiger partial charge >= 0.3 is 0 Å². The molecule has 0 aliphatic carbocycles. The van der Waals surface area contributed by atoms with Gasteiger partial charge in [0.05, 0.1) is 11.4 Å². The first-order valence-corrected chi connectivity index (χ1v) is 10.9. The van der Waals surface area contributed by atoms with Gasteiger partial charge < -0.3 is 10.2 Å². The predicted octanol–water partition coefficient (Wildman–Crippen LogP) is 2.60. The van der Waals surface area contributed by atoms with Crippen molar-refractivity contribution in [3.05, 3.63) is 59.7 Å². The van der Waals surface area contributed by atoms with Gasteiger partial charge in [-0.25, -0.2) is 13.6 Å². The van der Waals surface area contributed by atoms with E-state index in [1.54, 1.807) is 17.0 Å². The Balaban J connectivity index is 1.74. The van der Waals surface area contributed by atoms with Crippen molar-refractivity contribution in [1.29, 1.82) is 0 Å². The molecule has 0 fully saturated rings. The van der Waals surface area contributed by atoms with Crippen LogP contribution in [0.3, 0.4) is 0 Å². The van der Waals surface area contributed by atoms with Crippen molar-refractivity contribution >= 4 is 21.6 Å². The molecule has 150 valence electrons. The Morgan fingerprint density at radius 2 is 1.86 bits per heavy atom. The molecule has 1 amide bonds. The summed E-state index contributed by atoms with van der Waals surface area (Å²) in [4.78, 5) is 14.7. The number of sulfonamides is 1. The molecule has 0 saturated heterocycles. The van der Waals surface area contributed by atoms with E-state index in [0.717, 1.165) is 16.8 Å². The van der Waals surface area contributed by atoms with Crippen LogP contribution in [-0.4, -0.2) is 27.4 Å². The summed E-state index contributed by atoms with van der Waals surface area (Å²) in [6, 6.07) is 14.8. The SMILES string of the molecule is CC(C)(C)C(NCC(=O)N1CCc2cc(S(N)(=O)=O)ccc21)c1ccccc1. The van der Waals surface area contributed by atoms with E-state index in [-0.39, 0.29) is 28.8 Å². The van der Waals surface area contributed by atoms with E-state index in [2.05, 4.69) is 38.2 Å². The molecule has 3 N–H and O–H groups in total. The van der Waals surface area contributed by atoms with Gasteiger partial charge in [-0.05, 0) is 41.2 Å². The second kappa shape index (κ2) is 7.66. The third kappa shape index (κ3) is 4.43. The number of primary sulfonamides is 1. The summed E-state index contributed by atoms with van der Waals surface area (Å²) in [5, 5.41) is 8.62. The normalized spacial score (nSPS) is 15.4. The summed E-state index contributed by atoms with van der Waals surface area (Å²) in [5.41, 5.74) is 2.67. The van der Waals surface area contributed by atoms with Gasteiger partial charge in [-0.2, -0.15) is 0 Å². The van der Waals surface area contributed by atoms with Gasteiger partial charge in [0.1, 0.15) is 0 Å². The minimum Gasteiger partial charge on any atom is -0.311 e. The zero-order chi connectivity index (χ0) is 20.5. The Labute approximate surface area is 166 Å². The van der Waals surface area contributed by atoms with Crippen LogP contribution < -0.4 is 15.4 Å². The molecule has 7 heteroatoms. The predicted molar refractivity (Wildman–Crippen MR) is 111 cm³/mol. The molecule has 1 atom stereocenters. The number of anilines is 1. The van der Waals surface area contributed by atoms with Crippen LogP contribution >= 0.6 is 0 Å². The quantitative estimate of drug-likeness (QED) is 0.805. The Kier molecular flexibility index (Phi) is 5.61. The largest absolute Gasteiger partial charge is 0.311 e. The fourth-order valence-electron chi connectivity index (χ4n) is 3.67. The summed E-state index contributed by atoms with van der Waals surface area (Å²) in [7, 11) is -3.75. The highest BCUT2D eigenvalue weighted by atomic mass is 32.2. The van der Waals surface area contributed by atoms with Gasteiger partial charge in [-0.15, -0.1) is 0 Å². The maximum absolute atomic E-state index is 12.9. The van der Waals surface area contributed by atoms with Crippen LogP contribution in [0.15, 0.2) is 53.4 Å². The molecule has 3 rings (SSSR count). The van der Waals surface area contributed by atoms with Crippen LogP contribution in [0, 0.1) is 5.41 Å². The zero-order valence-electron chi connectivity index (χ0n) is 16.5. The molecule has 0 saturated carbocycles. The summed E-state index contributed by atoms with van der Waals surface area (Å²) >= 11 is 0. The molecule has 0 aromatic heterocycles. The van der Waals surface area contributed by atoms with Crippen molar-refractivity contribution in [2.24, 2.45) is 10.6 Å². The lowest BCUT2D eigenvalue weighted by atomic mass is 9.82. The highest BCUT2D eigenvalue weighted by Gasteiger charge is 2.29. The Morgan fingerprint density at radius 1 is 1.18 bits per heavy atom. The maximum Gasteiger partial charge on any atom is 0.240 e. The number of nitrogens with zero attached hydrogens (tertiary/aromatic N) is 1. The first-order valence-electron chi connectivity index (χ1n) is 9.32. The summed E-state index contributed by atoms with van der Waals surface area (Å²) in [5.74, 6) is -0.0349. The molecule has 1 aliphatic heterocycles. The summed E-state index contributed by atoms with van der Waals surface area (Å²) in [6.45, 7) is 7.16. The number of hydrogen-bond acceptors (Lipinski definition) is 4. The van der Waals surface area contributed by atoms with E-state index in [1.165, 1.54) is 6.07 Å². The molecule has 2 aromatic rings. The molecule has 0 spiro atoms. The van der Waals surface area contributed by atoms with E-state index >= 15 is 0 Å². The lowest BCUT2D eigenvalue weighted by Gasteiger charge is -2.32. The lowest BCUT2D eigenvalue weighted by molar-refractivity contribution is -0.117. The minimum atomic E-state index is -3.75. The topological polar surface area (TPSA) is 92.5 Å². The minimum absolute atomic E-state index is 0.0319. The van der Waals surface area contributed by atoms with Gasteiger partial charge in [-0.3, -0.25) is 4.79 Å². The Hall–Kier alpha value is -2.22. The average molecular weight is 402 g/mol. The van der Waals surface area contributed by atoms with Gasteiger partial charge in [-0.1, -0.05) is 51.1 Å². The van der Waals surface area contributed by atoms with E-state index in [0.29, 0.717) is 13.0 Å². The van der Waals surface area contributed by atoms with Crippen molar-refractivity contribution < 1.29 is 13.2 Å². The standard InChI is InChI=1S/C21H27N3O3S/c1-21(2,3)20(15-7-5-4-6-8-15)23-14-19(25)24-12-11-16-13-17(28(22,26)27)9-10-18(16)24/h4-10,13,20,23H,11-12,14H2,1-3H3,(H2,22,26,27). The number of carbonyl (C=O) groups excluding carboxylic acids is 1. The van der Waals surface area contributed by atoms with Gasteiger partial charge in [0, 0.05) is 18.3 Å². The number of carbonyl (C=O) groups is 1. The van der Waals surface area contributed by atoms with Crippen molar-refractivity contribution in [2.45, 2.75) is 38.1 Å². The molecule has 1 unspecified atom stereocenters. The molecule has 0 radical (unpaired) electrons. The van der Waals surface area contributed by atoms with Gasteiger partial charge in [0.2, 0.25) is 15.9 Å². The molecule has 28 heavy (non-hydrogen) atoms. The van der Waals surface area contributed by atoms with Crippen molar-refractivity contribution in [3.8, 4) is 0 Å². The summed E-state index contributed by atoms with van der Waals surface area (Å²) in [6.07, 6.45) is 0.617. The fourth-order valence-corrected chi connectivity index (χ4v) is 4.23. The van der Waals surface area contributed by atoms with Crippen LogP contribution in [-0.2, 0) is 21.2 Å². The average Bonchev–Trinajstić information content (AvgIpc) is 3.04. The van der Waals surface area contributed by atoms with E-state index in [9.17, 15) is 13.2 Å². The smallest absolute Gasteiger partial charge is 0.240 e. The number of amides is 1. The number of fused-ring (bicyclic) bond motifs is 1. The van der Waals surface area contributed by atoms with Crippen LogP contribution in [0.2, 0.25) is 0 Å². The fraction of sp³-hybridized carbons (Fsp3) is 0.381. The third-order valence-corrected chi connectivity index (χ3v) is 5.94. The summed E-state index contributed by atoms with van der Waals surface area (Å²) < 4.78 is 23.1. The molecule has 1 heterocycles. The number of rotatable bonds is 5. The molecular formula is C21H27N3O3S. The van der Waals surface area contributed by atoms with Crippen LogP contribution in [0.5, 0.6) is 0 Å². The second-order valence-electron chi connectivity index (χ2n) is 8.22. The number of hydrogen-bond donors (Lipinski definition) is 2. The van der Waals surface area contributed by atoms with E-state index in [4.69, 9.17) is 5.14 Å². The molecule has 0 bridgehead atoms. The number of benzene rings is 2. The first-order chi connectivity index (χ1) is 13.1. The highest BCUT2D eigenvalue weighted by Crippen LogP contribution is 2.33. The van der Waals surface area contributed by atoms with Crippen LogP contribution in [0.4, 0.5) is 5.69 Å². The van der Waals surface area contributed by atoms with Gasteiger partial charge in [0.25, 0.3) is 0 Å². The number of nitrogens with one attached hydrogen (secondary N) is 1. The van der Waals surface area contributed by atoms with Crippen molar-refractivity contribution in [3.63, 3.8) is 0 Å². The van der Waals surface area contributed by atoms with E-state index < -0.39 is 10.0 Å². The second-order valence-corrected chi connectivity index (χ2v) is 9.78. The third-order valence-electron chi connectivity index (χ3n) is 5.03. The maximum atomic E-state index is 12.9.